The maximum absolute atomic E-state index is 12.6. The highest BCUT2D eigenvalue weighted by molar-refractivity contribution is 7.92. The molecule has 138 valence electrons. The summed E-state index contributed by atoms with van der Waals surface area (Å²) in [4.78, 5) is 12.4. The van der Waals surface area contributed by atoms with Crippen LogP contribution in [-0.4, -0.2) is 20.9 Å². The van der Waals surface area contributed by atoms with E-state index in [1.54, 1.807) is 50.2 Å². The molecule has 2 aromatic carbocycles. The minimum atomic E-state index is -3.71. The Bertz CT molecular complexity index is 981. The van der Waals surface area contributed by atoms with Gasteiger partial charge in [-0.2, -0.15) is 0 Å². The van der Waals surface area contributed by atoms with E-state index in [1.807, 2.05) is 13.8 Å². The first-order valence-electron chi connectivity index (χ1n) is 8.27. The van der Waals surface area contributed by atoms with Crippen molar-refractivity contribution in [3.63, 3.8) is 0 Å². The molecular weight excluding hydrogens is 352 g/mol. The summed E-state index contributed by atoms with van der Waals surface area (Å²) in [5.41, 5.74) is 2.16. The molecular formula is C19H22N2O4S. The van der Waals surface area contributed by atoms with E-state index in [1.165, 1.54) is 0 Å². The maximum atomic E-state index is 12.6. The first kappa shape index (κ1) is 18.3. The molecule has 3 rings (SSSR count). The van der Waals surface area contributed by atoms with Crippen LogP contribution in [0.3, 0.4) is 0 Å². The van der Waals surface area contributed by atoms with Crippen LogP contribution in [0, 0.1) is 19.3 Å². The number of carbonyl (C=O) groups is 1. The zero-order chi connectivity index (χ0) is 19.1. The third-order valence-corrected chi connectivity index (χ3v) is 5.85. The largest absolute Gasteiger partial charge is 0.490 e. The first-order chi connectivity index (χ1) is 12.1. The topological polar surface area (TPSA) is 84.5 Å². The van der Waals surface area contributed by atoms with Crippen molar-refractivity contribution in [2.75, 3.05) is 16.6 Å². The Morgan fingerprint density at radius 2 is 1.81 bits per heavy atom. The van der Waals surface area contributed by atoms with Gasteiger partial charge in [0.25, 0.3) is 10.0 Å². The standard InChI is InChI=1S/C19H22N2O4S/c1-12-5-7-15(9-13(12)2)26(23,24)21-14-6-8-16-17(10-14)25-11-19(3,4)18(22)20-16/h5-10,21H,11H2,1-4H3,(H,20,22). The quantitative estimate of drug-likeness (QED) is 0.862. The van der Waals surface area contributed by atoms with Crippen molar-refractivity contribution in [2.24, 2.45) is 5.41 Å². The second-order valence-corrected chi connectivity index (χ2v) is 8.87. The maximum Gasteiger partial charge on any atom is 0.261 e. The monoisotopic (exact) mass is 374 g/mol. The molecule has 0 saturated carbocycles. The summed E-state index contributed by atoms with van der Waals surface area (Å²) in [7, 11) is -3.71. The normalized spacial score (nSPS) is 16.1. The summed E-state index contributed by atoms with van der Waals surface area (Å²) in [6.07, 6.45) is 0. The molecule has 7 heteroatoms. The number of sulfonamides is 1. The molecule has 0 fully saturated rings. The van der Waals surface area contributed by atoms with Gasteiger partial charge < -0.3 is 10.1 Å². The Hall–Kier alpha value is -2.54. The third-order valence-electron chi connectivity index (χ3n) is 4.47. The lowest BCUT2D eigenvalue weighted by Crippen LogP contribution is -2.33. The molecule has 0 spiro atoms. The molecule has 0 saturated heterocycles. The van der Waals surface area contributed by atoms with E-state index in [0.29, 0.717) is 17.1 Å². The van der Waals surface area contributed by atoms with Crippen LogP contribution in [0.5, 0.6) is 5.75 Å². The SMILES string of the molecule is Cc1ccc(S(=O)(=O)Nc2ccc3c(c2)OCC(C)(C)C(=O)N3)cc1C. The van der Waals surface area contributed by atoms with Crippen LogP contribution < -0.4 is 14.8 Å². The van der Waals surface area contributed by atoms with E-state index in [0.717, 1.165) is 11.1 Å². The number of rotatable bonds is 3. The number of fused-ring (bicyclic) bond motifs is 1. The fourth-order valence-electron chi connectivity index (χ4n) is 2.52. The Labute approximate surface area is 153 Å². The summed E-state index contributed by atoms with van der Waals surface area (Å²) in [6, 6.07) is 9.80. The molecule has 1 aliphatic heterocycles. The molecule has 2 aromatic rings. The van der Waals surface area contributed by atoms with E-state index in [2.05, 4.69) is 10.0 Å². The Kier molecular flexibility index (Phi) is 4.44. The number of benzene rings is 2. The Morgan fingerprint density at radius 3 is 2.50 bits per heavy atom. The highest BCUT2D eigenvalue weighted by Gasteiger charge is 2.32. The lowest BCUT2D eigenvalue weighted by molar-refractivity contribution is -0.124. The fourth-order valence-corrected chi connectivity index (χ4v) is 3.65. The van der Waals surface area contributed by atoms with E-state index in [4.69, 9.17) is 4.74 Å². The third kappa shape index (κ3) is 3.53. The van der Waals surface area contributed by atoms with E-state index < -0.39 is 15.4 Å². The van der Waals surface area contributed by atoms with Crippen LogP contribution in [0.25, 0.3) is 0 Å². The molecule has 1 heterocycles. The molecule has 0 aromatic heterocycles. The molecule has 0 bridgehead atoms. The van der Waals surface area contributed by atoms with Gasteiger partial charge in [-0.15, -0.1) is 0 Å². The van der Waals surface area contributed by atoms with Crippen molar-refractivity contribution >= 4 is 27.3 Å². The molecule has 1 amide bonds. The second-order valence-electron chi connectivity index (χ2n) is 7.19. The smallest absolute Gasteiger partial charge is 0.261 e. The number of hydrogen-bond donors (Lipinski definition) is 2. The van der Waals surface area contributed by atoms with Crippen LogP contribution in [0.15, 0.2) is 41.3 Å². The van der Waals surface area contributed by atoms with Crippen molar-refractivity contribution in [1.29, 1.82) is 0 Å². The summed E-state index contributed by atoms with van der Waals surface area (Å²) >= 11 is 0. The van der Waals surface area contributed by atoms with Crippen LogP contribution >= 0.6 is 0 Å². The van der Waals surface area contributed by atoms with Gasteiger partial charge in [0.2, 0.25) is 5.91 Å². The average Bonchev–Trinajstić information content (AvgIpc) is 2.67. The van der Waals surface area contributed by atoms with Gasteiger partial charge in [0.15, 0.2) is 0 Å². The minimum absolute atomic E-state index is 0.139. The van der Waals surface area contributed by atoms with Gasteiger partial charge in [0, 0.05) is 6.07 Å². The predicted octanol–water partition coefficient (Wildman–Crippen LogP) is 3.46. The van der Waals surface area contributed by atoms with E-state index >= 15 is 0 Å². The van der Waals surface area contributed by atoms with Crippen molar-refractivity contribution in [3.8, 4) is 5.75 Å². The predicted molar refractivity (Wildman–Crippen MR) is 101 cm³/mol. The molecule has 0 unspecified atom stereocenters. The highest BCUT2D eigenvalue weighted by Crippen LogP contribution is 2.34. The summed E-state index contributed by atoms with van der Waals surface area (Å²) in [5, 5.41) is 2.81. The number of ether oxygens (including phenoxy) is 1. The number of carbonyl (C=O) groups excluding carboxylic acids is 1. The van der Waals surface area contributed by atoms with E-state index in [-0.39, 0.29) is 17.4 Å². The molecule has 0 radical (unpaired) electrons. The molecule has 0 atom stereocenters. The zero-order valence-electron chi connectivity index (χ0n) is 15.2. The number of aryl methyl sites for hydroxylation is 2. The Morgan fingerprint density at radius 1 is 1.08 bits per heavy atom. The van der Waals surface area contributed by atoms with Crippen molar-refractivity contribution in [1.82, 2.24) is 0 Å². The van der Waals surface area contributed by atoms with Crippen molar-refractivity contribution in [3.05, 3.63) is 47.5 Å². The van der Waals surface area contributed by atoms with Gasteiger partial charge >= 0.3 is 0 Å². The molecule has 0 aliphatic carbocycles. The molecule has 1 aliphatic rings. The van der Waals surface area contributed by atoms with E-state index in [9.17, 15) is 13.2 Å². The highest BCUT2D eigenvalue weighted by atomic mass is 32.2. The van der Waals surface area contributed by atoms with Crippen molar-refractivity contribution in [2.45, 2.75) is 32.6 Å². The van der Waals surface area contributed by atoms with Gasteiger partial charge in [0.1, 0.15) is 12.4 Å². The molecule has 2 N–H and O–H groups in total. The van der Waals surface area contributed by atoms with Crippen molar-refractivity contribution < 1.29 is 17.9 Å². The molecule has 26 heavy (non-hydrogen) atoms. The number of amides is 1. The average molecular weight is 374 g/mol. The Balaban J connectivity index is 1.89. The summed E-state index contributed by atoms with van der Waals surface area (Å²) in [6.45, 7) is 7.59. The number of anilines is 2. The van der Waals surface area contributed by atoms with Crippen LogP contribution in [-0.2, 0) is 14.8 Å². The van der Waals surface area contributed by atoms with Crippen LogP contribution in [0.1, 0.15) is 25.0 Å². The minimum Gasteiger partial charge on any atom is -0.490 e. The number of nitrogens with one attached hydrogen (secondary N) is 2. The summed E-state index contributed by atoms with van der Waals surface area (Å²) < 4.78 is 33.5. The fraction of sp³-hybridized carbons (Fsp3) is 0.316. The zero-order valence-corrected chi connectivity index (χ0v) is 16.0. The number of hydrogen-bond acceptors (Lipinski definition) is 4. The van der Waals surface area contributed by atoms with Gasteiger partial charge in [-0.1, -0.05) is 6.07 Å². The van der Waals surface area contributed by atoms with Gasteiger partial charge in [-0.25, -0.2) is 8.42 Å². The van der Waals surface area contributed by atoms with Gasteiger partial charge in [-0.3, -0.25) is 9.52 Å². The second kappa shape index (κ2) is 6.32. The molecule has 6 nitrogen and oxygen atoms in total. The van der Waals surface area contributed by atoms with Crippen LogP contribution in [0.2, 0.25) is 0 Å². The van der Waals surface area contributed by atoms with Gasteiger partial charge in [0.05, 0.1) is 21.7 Å². The summed E-state index contributed by atoms with van der Waals surface area (Å²) in [5.74, 6) is 0.295. The first-order valence-corrected chi connectivity index (χ1v) is 9.75. The lowest BCUT2D eigenvalue weighted by atomic mass is 9.94. The van der Waals surface area contributed by atoms with Gasteiger partial charge in [-0.05, 0) is 63.1 Å². The van der Waals surface area contributed by atoms with Crippen LogP contribution in [0.4, 0.5) is 11.4 Å². The lowest BCUT2D eigenvalue weighted by Gasteiger charge is -2.18.